The smallest absolute Gasteiger partial charge is 0.0719 e. The van der Waals surface area contributed by atoms with Gasteiger partial charge in [0.25, 0.3) is 0 Å². The lowest BCUT2D eigenvalue weighted by molar-refractivity contribution is 0.121. The number of hydrogen-bond acceptors (Lipinski definition) is 2. The molecule has 0 fully saturated rings. The van der Waals surface area contributed by atoms with Gasteiger partial charge in [0.05, 0.1) is 6.61 Å². The number of nitrogens with one attached hydrogen (secondary N) is 1. The second-order valence-corrected chi connectivity index (χ2v) is 5.75. The standard InChI is InChI=1S/C16H27NO/c1-5-12-18-13-15-9-7-6-8-14(15)10-11-17-16(2,3)4/h6-9,17H,5,10-13H2,1-4H3. The number of rotatable bonds is 7. The largest absolute Gasteiger partial charge is 0.377 e. The fraction of sp³-hybridized carbons (Fsp3) is 0.625. The lowest BCUT2D eigenvalue weighted by atomic mass is 10.0. The molecule has 0 amide bonds. The first-order valence-corrected chi connectivity index (χ1v) is 6.92. The van der Waals surface area contributed by atoms with E-state index in [0.717, 1.165) is 32.6 Å². The topological polar surface area (TPSA) is 21.3 Å². The van der Waals surface area contributed by atoms with Crippen LogP contribution in [0.2, 0.25) is 0 Å². The first-order chi connectivity index (χ1) is 8.53. The van der Waals surface area contributed by atoms with Crippen LogP contribution in [0.5, 0.6) is 0 Å². The number of ether oxygens (including phenoxy) is 1. The molecule has 18 heavy (non-hydrogen) atoms. The molecule has 102 valence electrons. The second-order valence-electron chi connectivity index (χ2n) is 5.75. The van der Waals surface area contributed by atoms with E-state index in [1.807, 2.05) is 0 Å². The molecule has 2 heteroatoms. The van der Waals surface area contributed by atoms with Crippen molar-refractivity contribution in [3.05, 3.63) is 35.4 Å². The van der Waals surface area contributed by atoms with Crippen LogP contribution in [-0.4, -0.2) is 18.7 Å². The summed E-state index contributed by atoms with van der Waals surface area (Å²) in [4.78, 5) is 0. The summed E-state index contributed by atoms with van der Waals surface area (Å²) in [5.41, 5.74) is 2.90. The third-order valence-electron chi connectivity index (χ3n) is 2.77. The van der Waals surface area contributed by atoms with Crippen LogP contribution in [0.1, 0.15) is 45.2 Å². The third kappa shape index (κ3) is 6.18. The summed E-state index contributed by atoms with van der Waals surface area (Å²) < 4.78 is 5.64. The third-order valence-corrected chi connectivity index (χ3v) is 2.77. The van der Waals surface area contributed by atoms with Crippen LogP contribution in [0.3, 0.4) is 0 Å². The average molecular weight is 249 g/mol. The fourth-order valence-corrected chi connectivity index (χ4v) is 1.84. The molecular weight excluding hydrogens is 222 g/mol. The maximum atomic E-state index is 5.64. The molecule has 0 unspecified atom stereocenters. The van der Waals surface area contributed by atoms with Gasteiger partial charge in [0.15, 0.2) is 0 Å². The van der Waals surface area contributed by atoms with Crippen molar-refractivity contribution in [3.8, 4) is 0 Å². The highest BCUT2D eigenvalue weighted by Crippen LogP contribution is 2.11. The maximum absolute atomic E-state index is 5.64. The Hall–Kier alpha value is -0.860. The highest BCUT2D eigenvalue weighted by Gasteiger charge is 2.08. The molecule has 0 aliphatic rings. The van der Waals surface area contributed by atoms with Gasteiger partial charge in [0.1, 0.15) is 0 Å². The molecule has 0 bridgehead atoms. The van der Waals surface area contributed by atoms with Crippen molar-refractivity contribution in [2.45, 2.75) is 52.7 Å². The maximum Gasteiger partial charge on any atom is 0.0719 e. The molecule has 0 aliphatic heterocycles. The van der Waals surface area contributed by atoms with Crippen molar-refractivity contribution in [2.75, 3.05) is 13.2 Å². The molecular formula is C16H27NO. The summed E-state index contributed by atoms with van der Waals surface area (Å²) in [5.74, 6) is 0. The van der Waals surface area contributed by atoms with Crippen LogP contribution in [0.15, 0.2) is 24.3 Å². The highest BCUT2D eigenvalue weighted by atomic mass is 16.5. The minimum atomic E-state index is 0.188. The van der Waals surface area contributed by atoms with Crippen molar-refractivity contribution in [2.24, 2.45) is 0 Å². The summed E-state index contributed by atoms with van der Waals surface area (Å²) in [6, 6.07) is 8.57. The van der Waals surface area contributed by atoms with Gasteiger partial charge in [0.2, 0.25) is 0 Å². The van der Waals surface area contributed by atoms with Crippen molar-refractivity contribution < 1.29 is 4.74 Å². The number of benzene rings is 1. The molecule has 0 aliphatic carbocycles. The van der Waals surface area contributed by atoms with Crippen LogP contribution in [-0.2, 0) is 17.8 Å². The van der Waals surface area contributed by atoms with E-state index < -0.39 is 0 Å². The Labute approximate surface area is 112 Å². The van der Waals surface area contributed by atoms with Crippen LogP contribution in [0.25, 0.3) is 0 Å². The Bertz CT molecular complexity index is 341. The van der Waals surface area contributed by atoms with E-state index in [1.165, 1.54) is 11.1 Å². The SMILES string of the molecule is CCCOCc1ccccc1CCNC(C)(C)C. The van der Waals surface area contributed by atoms with Gasteiger partial charge in [-0.05, 0) is 51.3 Å². The predicted molar refractivity (Wildman–Crippen MR) is 77.8 cm³/mol. The summed E-state index contributed by atoms with van der Waals surface area (Å²) in [6.45, 7) is 11.3. The minimum absolute atomic E-state index is 0.188. The molecule has 0 aromatic heterocycles. The highest BCUT2D eigenvalue weighted by molar-refractivity contribution is 5.26. The van der Waals surface area contributed by atoms with Crippen LogP contribution >= 0.6 is 0 Å². The van der Waals surface area contributed by atoms with E-state index in [-0.39, 0.29) is 5.54 Å². The first kappa shape index (κ1) is 15.2. The molecule has 0 saturated heterocycles. The summed E-state index contributed by atoms with van der Waals surface area (Å²) in [6.07, 6.45) is 2.14. The molecule has 1 N–H and O–H groups in total. The molecule has 0 radical (unpaired) electrons. The van der Waals surface area contributed by atoms with Gasteiger partial charge < -0.3 is 10.1 Å². The Morgan fingerprint density at radius 1 is 1.11 bits per heavy atom. The van der Waals surface area contributed by atoms with Crippen molar-refractivity contribution in [1.82, 2.24) is 5.32 Å². The molecule has 1 rings (SSSR count). The Balaban J connectivity index is 2.48. The molecule has 0 saturated carbocycles. The second kappa shape index (κ2) is 7.55. The van der Waals surface area contributed by atoms with Gasteiger partial charge in [0, 0.05) is 12.1 Å². The van der Waals surface area contributed by atoms with E-state index >= 15 is 0 Å². The predicted octanol–water partition coefficient (Wildman–Crippen LogP) is 3.54. The van der Waals surface area contributed by atoms with E-state index in [9.17, 15) is 0 Å². The summed E-state index contributed by atoms with van der Waals surface area (Å²) in [7, 11) is 0. The molecule has 0 atom stereocenters. The lowest BCUT2D eigenvalue weighted by Gasteiger charge is -2.21. The van der Waals surface area contributed by atoms with Crippen LogP contribution < -0.4 is 5.32 Å². The summed E-state index contributed by atoms with van der Waals surface area (Å²) >= 11 is 0. The van der Waals surface area contributed by atoms with Gasteiger partial charge in [-0.25, -0.2) is 0 Å². The van der Waals surface area contributed by atoms with Crippen molar-refractivity contribution in [3.63, 3.8) is 0 Å². The van der Waals surface area contributed by atoms with Gasteiger partial charge in [-0.1, -0.05) is 31.2 Å². The Kier molecular flexibility index (Phi) is 6.37. The zero-order valence-electron chi connectivity index (χ0n) is 12.3. The van der Waals surface area contributed by atoms with Crippen molar-refractivity contribution >= 4 is 0 Å². The zero-order valence-corrected chi connectivity index (χ0v) is 12.3. The van der Waals surface area contributed by atoms with E-state index in [1.54, 1.807) is 0 Å². The zero-order chi connectivity index (χ0) is 13.4. The normalized spacial score (nSPS) is 11.8. The molecule has 0 spiro atoms. The molecule has 1 aromatic rings. The monoisotopic (exact) mass is 249 g/mol. The lowest BCUT2D eigenvalue weighted by Crippen LogP contribution is -2.37. The van der Waals surface area contributed by atoms with E-state index in [4.69, 9.17) is 4.74 Å². The van der Waals surface area contributed by atoms with Gasteiger partial charge >= 0.3 is 0 Å². The van der Waals surface area contributed by atoms with Crippen LogP contribution in [0.4, 0.5) is 0 Å². The quantitative estimate of drug-likeness (QED) is 0.746. The minimum Gasteiger partial charge on any atom is -0.377 e. The first-order valence-electron chi connectivity index (χ1n) is 6.92. The van der Waals surface area contributed by atoms with Gasteiger partial charge in [-0.2, -0.15) is 0 Å². The Morgan fingerprint density at radius 2 is 1.78 bits per heavy atom. The average Bonchev–Trinajstić information content (AvgIpc) is 2.30. The molecule has 2 nitrogen and oxygen atoms in total. The fourth-order valence-electron chi connectivity index (χ4n) is 1.84. The number of hydrogen-bond donors (Lipinski definition) is 1. The van der Waals surface area contributed by atoms with Gasteiger partial charge in [-0.15, -0.1) is 0 Å². The van der Waals surface area contributed by atoms with E-state index in [0.29, 0.717) is 0 Å². The van der Waals surface area contributed by atoms with E-state index in [2.05, 4.69) is 57.3 Å². The summed E-state index contributed by atoms with van der Waals surface area (Å²) in [5, 5.41) is 3.52. The van der Waals surface area contributed by atoms with Crippen molar-refractivity contribution in [1.29, 1.82) is 0 Å². The molecule has 0 heterocycles. The Morgan fingerprint density at radius 3 is 2.39 bits per heavy atom. The van der Waals surface area contributed by atoms with Gasteiger partial charge in [-0.3, -0.25) is 0 Å². The molecule has 1 aromatic carbocycles. The van der Waals surface area contributed by atoms with Crippen LogP contribution in [0, 0.1) is 0 Å².